The van der Waals surface area contributed by atoms with Gasteiger partial charge in [-0.25, -0.2) is 4.98 Å². The average molecular weight is 463 g/mol. The molecule has 3 aromatic heterocycles. The van der Waals surface area contributed by atoms with Gasteiger partial charge in [0.25, 0.3) is 0 Å². The summed E-state index contributed by atoms with van der Waals surface area (Å²) in [6.45, 7) is 2.86. The third-order valence-corrected chi connectivity index (χ3v) is 5.00. The molecule has 3 aromatic rings. The number of carbonyl (C=O) groups is 2. The quantitative estimate of drug-likeness (QED) is 0.382. The first-order chi connectivity index (χ1) is 15.6. The maximum atomic E-state index is 12.5. The molecule has 0 saturated carbocycles. The molecule has 3 rings (SSSR count). The first-order valence-corrected chi connectivity index (χ1v) is 10.3. The summed E-state index contributed by atoms with van der Waals surface area (Å²) in [6, 6.07) is 2.63. The summed E-state index contributed by atoms with van der Waals surface area (Å²) in [4.78, 5) is 35.4. The van der Waals surface area contributed by atoms with Gasteiger partial charge in [-0.05, 0) is 18.1 Å². The Balaban J connectivity index is 1.85. The number of nitrogens with zero attached hydrogens (tertiary/aromatic N) is 2. The van der Waals surface area contributed by atoms with Crippen LogP contribution < -0.4 is 10.6 Å². The summed E-state index contributed by atoms with van der Waals surface area (Å²) >= 11 is 0. The van der Waals surface area contributed by atoms with Gasteiger partial charge in [-0.3, -0.25) is 14.6 Å². The Morgan fingerprint density at radius 1 is 1.15 bits per heavy atom. The van der Waals surface area contributed by atoms with Crippen LogP contribution in [0.2, 0.25) is 0 Å². The fourth-order valence-corrected chi connectivity index (χ4v) is 3.40. The molecular formula is C22H24F3N5O3. The highest BCUT2D eigenvalue weighted by Crippen LogP contribution is 2.31. The number of ketones is 1. The van der Waals surface area contributed by atoms with Crippen molar-refractivity contribution < 1.29 is 27.9 Å². The van der Waals surface area contributed by atoms with Crippen LogP contribution in [0.4, 0.5) is 24.5 Å². The van der Waals surface area contributed by atoms with E-state index >= 15 is 0 Å². The number of rotatable bonds is 9. The number of alkyl halides is 3. The maximum Gasteiger partial charge on any atom is 0.389 e. The van der Waals surface area contributed by atoms with E-state index in [-0.39, 0.29) is 5.92 Å². The molecule has 1 atom stereocenters. The summed E-state index contributed by atoms with van der Waals surface area (Å²) in [6.07, 6.45) is 0.113. The number of aliphatic hydroxyl groups is 1. The molecule has 0 radical (unpaired) electrons. The average Bonchev–Trinajstić information content (AvgIpc) is 3.18. The first-order valence-electron chi connectivity index (χ1n) is 10.3. The molecule has 0 aromatic carbocycles. The van der Waals surface area contributed by atoms with E-state index in [1.807, 2.05) is 0 Å². The minimum Gasteiger partial charge on any atom is -0.387 e. The Morgan fingerprint density at radius 3 is 2.58 bits per heavy atom. The summed E-state index contributed by atoms with van der Waals surface area (Å²) < 4.78 is 37.6. The Kier molecular flexibility index (Phi) is 7.32. The minimum absolute atomic E-state index is 0.232. The van der Waals surface area contributed by atoms with Gasteiger partial charge < -0.3 is 20.7 Å². The summed E-state index contributed by atoms with van der Waals surface area (Å²) in [5, 5.41) is 15.2. The van der Waals surface area contributed by atoms with E-state index in [2.05, 4.69) is 25.6 Å². The molecule has 0 aliphatic rings. The second kappa shape index (κ2) is 9.99. The van der Waals surface area contributed by atoms with Gasteiger partial charge >= 0.3 is 6.18 Å². The zero-order valence-electron chi connectivity index (χ0n) is 18.0. The molecule has 0 saturated heterocycles. The number of hydrogen-bond donors (Lipinski definition) is 4. The van der Waals surface area contributed by atoms with Crippen LogP contribution in [-0.2, 0) is 9.59 Å². The lowest BCUT2D eigenvalue weighted by atomic mass is 9.96. The molecule has 0 aliphatic carbocycles. The molecule has 8 nitrogen and oxygen atoms in total. The van der Waals surface area contributed by atoms with Crippen LogP contribution in [0.1, 0.15) is 26.7 Å². The molecule has 1 amide bonds. The van der Waals surface area contributed by atoms with E-state index < -0.39 is 43.4 Å². The summed E-state index contributed by atoms with van der Waals surface area (Å²) in [5.74, 6) is -1.33. The zero-order valence-corrected chi connectivity index (χ0v) is 18.0. The third kappa shape index (κ3) is 6.28. The van der Waals surface area contributed by atoms with Crippen molar-refractivity contribution in [3.63, 3.8) is 0 Å². The van der Waals surface area contributed by atoms with Crippen molar-refractivity contribution in [1.82, 2.24) is 15.0 Å². The van der Waals surface area contributed by atoms with Crippen LogP contribution in [0.15, 0.2) is 36.9 Å². The van der Waals surface area contributed by atoms with Crippen LogP contribution in [0.25, 0.3) is 22.2 Å². The molecule has 0 aliphatic heterocycles. The smallest absolute Gasteiger partial charge is 0.387 e. The predicted molar refractivity (Wildman–Crippen MR) is 118 cm³/mol. The number of fused-ring (bicyclic) bond motifs is 1. The predicted octanol–water partition coefficient (Wildman–Crippen LogP) is 3.90. The first kappa shape index (κ1) is 24.2. The lowest BCUT2D eigenvalue weighted by molar-refractivity contribution is -0.143. The van der Waals surface area contributed by atoms with E-state index in [1.54, 1.807) is 38.4 Å². The van der Waals surface area contributed by atoms with Crippen LogP contribution in [0, 0.1) is 5.92 Å². The van der Waals surface area contributed by atoms with Gasteiger partial charge in [0.05, 0.1) is 30.0 Å². The molecule has 0 spiro atoms. The number of halogens is 3. The number of H-pyrrole nitrogens is 1. The minimum atomic E-state index is -4.39. The zero-order chi connectivity index (χ0) is 24.2. The monoisotopic (exact) mass is 463 g/mol. The highest BCUT2D eigenvalue weighted by Gasteiger charge is 2.31. The molecule has 0 bridgehead atoms. The van der Waals surface area contributed by atoms with Crippen molar-refractivity contribution in [2.24, 2.45) is 5.92 Å². The molecule has 4 N–H and O–H groups in total. The fraction of sp³-hybridized carbons (Fsp3) is 0.364. The van der Waals surface area contributed by atoms with Gasteiger partial charge in [0.15, 0.2) is 5.78 Å². The topological polar surface area (TPSA) is 120 Å². The summed E-state index contributed by atoms with van der Waals surface area (Å²) in [5.41, 5.74) is 2.84. The number of carbonyl (C=O) groups excluding carboxylic acids is 2. The second-order valence-corrected chi connectivity index (χ2v) is 7.94. The third-order valence-electron chi connectivity index (χ3n) is 5.00. The number of Topliss-reactive ketones (excluding diaryl/α,β-unsaturated/α-hetero) is 1. The molecular weight excluding hydrogens is 439 g/mol. The lowest BCUT2D eigenvalue weighted by Crippen LogP contribution is -2.35. The second-order valence-electron chi connectivity index (χ2n) is 7.94. The molecule has 11 heteroatoms. The molecule has 176 valence electrons. The maximum absolute atomic E-state index is 12.5. The SMILES string of the molecule is CC(C)C(Nc1cncc(-c2c[nH]c3ncc(NC(=O)CO)cc23)c1)C(=O)CCC(F)(F)F. The number of aromatic nitrogens is 3. The number of amides is 1. The van der Waals surface area contributed by atoms with Crippen LogP contribution in [0.5, 0.6) is 0 Å². The Labute approximate surface area is 187 Å². The van der Waals surface area contributed by atoms with Crippen LogP contribution >= 0.6 is 0 Å². The van der Waals surface area contributed by atoms with Gasteiger partial charge in [0, 0.05) is 41.5 Å². The van der Waals surface area contributed by atoms with Crippen LogP contribution in [0.3, 0.4) is 0 Å². The molecule has 1 unspecified atom stereocenters. The number of nitrogens with one attached hydrogen (secondary N) is 3. The van der Waals surface area contributed by atoms with Crippen molar-refractivity contribution in [3.8, 4) is 11.1 Å². The van der Waals surface area contributed by atoms with Crippen molar-refractivity contribution in [2.45, 2.75) is 38.9 Å². The van der Waals surface area contributed by atoms with Crippen molar-refractivity contribution in [3.05, 3.63) is 36.9 Å². The molecule has 3 heterocycles. The van der Waals surface area contributed by atoms with E-state index in [1.165, 1.54) is 12.4 Å². The number of anilines is 2. The van der Waals surface area contributed by atoms with Gasteiger partial charge in [-0.2, -0.15) is 13.2 Å². The molecule has 33 heavy (non-hydrogen) atoms. The van der Waals surface area contributed by atoms with Crippen LogP contribution in [-0.4, -0.2) is 50.6 Å². The van der Waals surface area contributed by atoms with Crippen molar-refractivity contribution >= 4 is 34.1 Å². The number of pyridine rings is 2. The lowest BCUT2D eigenvalue weighted by Gasteiger charge is -2.22. The number of hydrogen-bond acceptors (Lipinski definition) is 6. The largest absolute Gasteiger partial charge is 0.389 e. The van der Waals surface area contributed by atoms with Gasteiger partial charge in [-0.1, -0.05) is 13.8 Å². The van der Waals surface area contributed by atoms with E-state index in [9.17, 15) is 22.8 Å². The van der Waals surface area contributed by atoms with Crippen molar-refractivity contribution in [2.75, 3.05) is 17.2 Å². The van der Waals surface area contributed by atoms with E-state index in [0.29, 0.717) is 28.0 Å². The standard InChI is InChI=1S/C22H24F3N5O3/c1-12(2)20(18(32)3-4-22(23,24)25)30-14-5-13(7-26-8-14)17-10-28-21-16(17)6-15(9-27-21)29-19(33)11-31/h5-10,12,20,30-31H,3-4,11H2,1-2H3,(H,27,28)(H,29,33). The van der Waals surface area contributed by atoms with Crippen molar-refractivity contribution in [1.29, 1.82) is 0 Å². The van der Waals surface area contributed by atoms with Gasteiger partial charge in [-0.15, -0.1) is 0 Å². The highest BCUT2D eigenvalue weighted by molar-refractivity contribution is 5.98. The summed E-state index contributed by atoms with van der Waals surface area (Å²) in [7, 11) is 0. The van der Waals surface area contributed by atoms with Gasteiger partial charge in [0.2, 0.25) is 5.91 Å². The highest BCUT2D eigenvalue weighted by atomic mass is 19.4. The Morgan fingerprint density at radius 2 is 1.91 bits per heavy atom. The fourth-order valence-electron chi connectivity index (χ4n) is 3.40. The number of aromatic amines is 1. The van der Waals surface area contributed by atoms with E-state index in [4.69, 9.17) is 5.11 Å². The normalized spacial score (nSPS) is 12.7. The van der Waals surface area contributed by atoms with Gasteiger partial charge in [0.1, 0.15) is 12.3 Å². The Hall–Kier alpha value is -3.47. The Bertz CT molecular complexity index is 1140. The van der Waals surface area contributed by atoms with E-state index in [0.717, 1.165) is 5.56 Å². The molecule has 0 fully saturated rings. The number of aliphatic hydroxyl groups excluding tert-OH is 1.